The van der Waals surface area contributed by atoms with Crippen molar-refractivity contribution in [3.63, 3.8) is 0 Å². The summed E-state index contributed by atoms with van der Waals surface area (Å²) in [7, 11) is -3.87. The van der Waals surface area contributed by atoms with E-state index in [4.69, 9.17) is 9.52 Å². The molecular weight excluding hydrogens is 270 g/mol. The number of carboxylic acid groups (broad SMARTS) is 1. The number of hydrogen-bond donors (Lipinski definition) is 2. The summed E-state index contributed by atoms with van der Waals surface area (Å²) in [5.41, 5.74) is -0.284. The van der Waals surface area contributed by atoms with E-state index in [2.05, 4.69) is 4.72 Å². The van der Waals surface area contributed by atoms with Crippen LogP contribution < -0.4 is 4.72 Å². The first-order valence-corrected chi connectivity index (χ1v) is 7.58. The Morgan fingerprint density at radius 3 is 2.42 bits per heavy atom. The maximum absolute atomic E-state index is 12.3. The number of aryl methyl sites for hydroxylation is 2. The fourth-order valence-electron chi connectivity index (χ4n) is 2.23. The molecule has 19 heavy (non-hydrogen) atoms. The summed E-state index contributed by atoms with van der Waals surface area (Å²) >= 11 is 0. The Morgan fingerprint density at radius 1 is 1.37 bits per heavy atom. The molecule has 0 amide bonds. The Balaban J connectivity index is 2.42. The lowest BCUT2D eigenvalue weighted by Crippen LogP contribution is -2.35. The molecule has 6 nitrogen and oxygen atoms in total. The minimum atomic E-state index is -3.87. The van der Waals surface area contributed by atoms with Gasteiger partial charge in [0.05, 0.1) is 0 Å². The van der Waals surface area contributed by atoms with E-state index >= 15 is 0 Å². The van der Waals surface area contributed by atoms with Crippen molar-refractivity contribution in [2.24, 2.45) is 5.92 Å². The zero-order valence-electron chi connectivity index (χ0n) is 11.1. The maximum Gasteiger partial charge on any atom is 0.340 e. The first-order chi connectivity index (χ1) is 8.74. The zero-order valence-corrected chi connectivity index (χ0v) is 11.9. The van der Waals surface area contributed by atoms with Crippen LogP contribution in [0.4, 0.5) is 0 Å². The van der Waals surface area contributed by atoms with E-state index in [1.54, 1.807) is 6.92 Å². The van der Waals surface area contributed by atoms with Gasteiger partial charge >= 0.3 is 5.97 Å². The van der Waals surface area contributed by atoms with Crippen molar-refractivity contribution < 1.29 is 22.7 Å². The topological polar surface area (TPSA) is 96.6 Å². The molecule has 0 aliphatic heterocycles. The molecule has 0 spiro atoms. The highest BCUT2D eigenvalue weighted by atomic mass is 32.2. The number of furan rings is 1. The molecule has 106 valence electrons. The third-order valence-electron chi connectivity index (χ3n) is 3.36. The molecule has 1 heterocycles. The number of carboxylic acids is 1. The van der Waals surface area contributed by atoms with Crippen LogP contribution in [-0.2, 0) is 10.0 Å². The Labute approximate surface area is 111 Å². The molecule has 1 unspecified atom stereocenters. The Bertz CT molecular complexity index is 612. The van der Waals surface area contributed by atoms with E-state index in [1.165, 1.54) is 13.8 Å². The normalized spacial score (nSPS) is 17.4. The molecule has 1 aliphatic rings. The fourth-order valence-corrected chi connectivity index (χ4v) is 3.95. The summed E-state index contributed by atoms with van der Waals surface area (Å²) in [5.74, 6) is -0.750. The predicted octanol–water partition coefficient (Wildman–Crippen LogP) is 1.67. The molecule has 0 bridgehead atoms. The quantitative estimate of drug-likeness (QED) is 0.858. The first-order valence-electron chi connectivity index (χ1n) is 6.09. The number of aromatic carboxylic acids is 1. The van der Waals surface area contributed by atoms with Crippen molar-refractivity contribution in [2.75, 3.05) is 0 Å². The number of carbonyl (C=O) groups is 1. The molecule has 0 radical (unpaired) electrons. The van der Waals surface area contributed by atoms with Crippen LogP contribution in [0.1, 0.15) is 41.6 Å². The molecule has 0 aromatic carbocycles. The molecule has 2 N–H and O–H groups in total. The van der Waals surface area contributed by atoms with Crippen molar-refractivity contribution in [1.82, 2.24) is 4.72 Å². The van der Waals surface area contributed by atoms with Gasteiger partial charge in [0.2, 0.25) is 10.0 Å². The molecular formula is C12H17NO5S. The van der Waals surface area contributed by atoms with Crippen LogP contribution in [0.15, 0.2) is 9.31 Å². The van der Waals surface area contributed by atoms with Crippen LogP contribution in [0, 0.1) is 19.8 Å². The summed E-state index contributed by atoms with van der Waals surface area (Å²) in [4.78, 5) is 10.9. The van der Waals surface area contributed by atoms with E-state index in [0.717, 1.165) is 12.8 Å². The van der Waals surface area contributed by atoms with Crippen molar-refractivity contribution in [3.8, 4) is 0 Å². The smallest absolute Gasteiger partial charge is 0.340 e. The minimum absolute atomic E-state index is 0.101. The Kier molecular flexibility index (Phi) is 3.44. The van der Waals surface area contributed by atoms with Gasteiger partial charge in [0.25, 0.3) is 0 Å². The highest BCUT2D eigenvalue weighted by molar-refractivity contribution is 7.89. The molecule has 1 saturated carbocycles. The Morgan fingerprint density at radius 2 is 1.95 bits per heavy atom. The third-order valence-corrected chi connectivity index (χ3v) is 5.07. The van der Waals surface area contributed by atoms with Crippen LogP contribution in [0.3, 0.4) is 0 Å². The van der Waals surface area contributed by atoms with Crippen molar-refractivity contribution in [1.29, 1.82) is 0 Å². The molecule has 1 aromatic heterocycles. The number of sulfonamides is 1. The lowest BCUT2D eigenvalue weighted by Gasteiger charge is -2.13. The number of nitrogens with one attached hydrogen (secondary N) is 1. The highest BCUT2D eigenvalue weighted by Gasteiger charge is 2.35. The minimum Gasteiger partial charge on any atom is -0.478 e. The zero-order chi connectivity index (χ0) is 14.4. The first kappa shape index (κ1) is 14.1. The second-order valence-corrected chi connectivity index (χ2v) is 6.62. The van der Waals surface area contributed by atoms with E-state index in [1.807, 2.05) is 0 Å². The average molecular weight is 287 g/mol. The van der Waals surface area contributed by atoms with Crippen molar-refractivity contribution in [2.45, 2.75) is 44.6 Å². The van der Waals surface area contributed by atoms with Gasteiger partial charge in [-0.2, -0.15) is 0 Å². The summed E-state index contributed by atoms with van der Waals surface area (Å²) in [5, 5.41) is 9.13. The van der Waals surface area contributed by atoms with Crippen LogP contribution in [0.2, 0.25) is 0 Å². The molecule has 0 saturated heterocycles. The van der Waals surface area contributed by atoms with E-state index in [9.17, 15) is 13.2 Å². The third kappa shape index (κ3) is 2.66. The van der Waals surface area contributed by atoms with Gasteiger partial charge in [-0.15, -0.1) is 0 Å². The van der Waals surface area contributed by atoms with E-state index in [0.29, 0.717) is 5.92 Å². The summed E-state index contributed by atoms with van der Waals surface area (Å²) in [6, 6.07) is -0.193. The van der Waals surface area contributed by atoms with Gasteiger partial charge in [0, 0.05) is 6.04 Å². The molecule has 2 rings (SSSR count). The summed E-state index contributed by atoms with van der Waals surface area (Å²) in [6.07, 6.45) is 2.00. The van der Waals surface area contributed by atoms with Gasteiger partial charge in [-0.3, -0.25) is 0 Å². The van der Waals surface area contributed by atoms with Crippen LogP contribution in [0.25, 0.3) is 0 Å². The number of rotatable bonds is 5. The SMILES string of the molecule is Cc1oc(C)c(S(=O)(=O)NC(C)C2CC2)c1C(=O)O. The van der Waals surface area contributed by atoms with Gasteiger partial charge in [-0.25, -0.2) is 17.9 Å². The monoisotopic (exact) mass is 287 g/mol. The fraction of sp³-hybridized carbons (Fsp3) is 0.583. The van der Waals surface area contributed by atoms with E-state index < -0.39 is 16.0 Å². The predicted molar refractivity (Wildman–Crippen MR) is 67.6 cm³/mol. The molecule has 1 fully saturated rings. The number of hydrogen-bond acceptors (Lipinski definition) is 4. The van der Waals surface area contributed by atoms with Gasteiger partial charge in [-0.1, -0.05) is 0 Å². The van der Waals surface area contributed by atoms with Gasteiger partial charge in [-0.05, 0) is 39.5 Å². The van der Waals surface area contributed by atoms with E-state index in [-0.39, 0.29) is 28.0 Å². The second-order valence-electron chi connectivity index (χ2n) is 4.97. The lowest BCUT2D eigenvalue weighted by molar-refractivity contribution is 0.0691. The van der Waals surface area contributed by atoms with Gasteiger partial charge < -0.3 is 9.52 Å². The van der Waals surface area contributed by atoms with Crippen molar-refractivity contribution in [3.05, 3.63) is 17.1 Å². The van der Waals surface area contributed by atoms with Gasteiger partial charge in [0.15, 0.2) is 0 Å². The van der Waals surface area contributed by atoms with Crippen LogP contribution in [0.5, 0.6) is 0 Å². The summed E-state index contributed by atoms with van der Waals surface area (Å²) in [6.45, 7) is 4.69. The van der Waals surface area contributed by atoms with Crippen LogP contribution in [-0.4, -0.2) is 25.5 Å². The van der Waals surface area contributed by atoms with Gasteiger partial charge in [0.1, 0.15) is 22.0 Å². The molecule has 1 aliphatic carbocycles. The molecule has 1 atom stereocenters. The maximum atomic E-state index is 12.3. The second kappa shape index (κ2) is 4.64. The summed E-state index contributed by atoms with van der Waals surface area (Å²) < 4.78 is 32.3. The standard InChI is InChI=1S/C12H17NO5S/c1-6(9-4-5-9)13-19(16,17)11-8(3)18-7(2)10(11)12(14)15/h6,9,13H,4-5H2,1-3H3,(H,14,15). The molecule has 1 aromatic rings. The van der Waals surface area contributed by atoms with Crippen LogP contribution >= 0.6 is 0 Å². The largest absolute Gasteiger partial charge is 0.478 e. The average Bonchev–Trinajstić information content (AvgIpc) is 3.03. The lowest BCUT2D eigenvalue weighted by atomic mass is 10.2. The molecule has 7 heteroatoms. The van der Waals surface area contributed by atoms with Crippen molar-refractivity contribution >= 4 is 16.0 Å². The highest BCUT2D eigenvalue weighted by Crippen LogP contribution is 2.34. The Hall–Kier alpha value is -1.34.